The van der Waals surface area contributed by atoms with Crippen LogP contribution < -0.4 is 11.3 Å². The summed E-state index contributed by atoms with van der Waals surface area (Å²) >= 11 is 0. The normalized spacial score (nSPS) is 11.6. The molecular weight excluding hydrogens is 256 g/mol. The van der Waals surface area contributed by atoms with Gasteiger partial charge in [0, 0.05) is 5.56 Å². The highest BCUT2D eigenvalue weighted by atomic mass is 19.4. The minimum Gasteiger partial charge on any atom is -0.314 e. The van der Waals surface area contributed by atoms with Gasteiger partial charge in [0.2, 0.25) is 5.82 Å². The van der Waals surface area contributed by atoms with Crippen LogP contribution in [0.5, 0.6) is 0 Å². The second kappa shape index (κ2) is 4.26. The molecule has 1 aromatic heterocycles. The van der Waals surface area contributed by atoms with Crippen LogP contribution in [0.25, 0.3) is 11.4 Å². The van der Waals surface area contributed by atoms with Gasteiger partial charge >= 0.3 is 12.2 Å². The summed E-state index contributed by atoms with van der Waals surface area (Å²) in [5.41, 5.74) is 0.409. The van der Waals surface area contributed by atoms with Crippen LogP contribution in [0.4, 0.5) is 23.6 Å². The Hall–Kier alpha value is -2.16. The standard InChI is InChI=1S/C9H6F4N4O/c10-4-1-2-5(6(3-4)9(11,12)13)7-15-8(16-14)18-17-7/h1-3H,14H2,(H,15,16,17). The maximum absolute atomic E-state index is 12.9. The van der Waals surface area contributed by atoms with E-state index in [1.165, 1.54) is 0 Å². The average Bonchev–Trinajstić information content (AvgIpc) is 2.76. The average molecular weight is 262 g/mol. The number of hydrazine groups is 1. The Morgan fingerprint density at radius 2 is 2.00 bits per heavy atom. The molecule has 96 valence electrons. The summed E-state index contributed by atoms with van der Waals surface area (Å²) in [7, 11) is 0. The first-order chi connectivity index (χ1) is 8.41. The molecule has 0 saturated carbocycles. The molecule has 9 heteroatoms. The van der Waals surface area contributed by atoms with Gasteiger partial charge in [0.25, 0.3) is 0 Å². The van der Waals surface area contributed by atoms with Crippen LogP contribution >= 0.6 is 0 Å². The van der Waals surface area contributed by atoms with E-state index >= 15 is 0 Å². The van der Waals surface area contributed by atoms with Crippen LogP contribution in [0.2, 0.25) is 0 Å². The van der Waals surface area contributed by atoms with Crippen molar-refractivity contribution in [2.24, 2.45) is 5.84 Å². The Kier molecular flexibility index (Phi) is 2.91. The molecule has 0 aliphatic carbocycles. The van der Waals surface area contributed by atoms with Crippen molar-refractivity contribution in [2.75, 3.05) is 5.43 Å². The second-order valence-corrected chi connectivity index (χ2v) is 3.26. The third kappa shape index (κ3) is 2.25. The third-order valence-electron chi connectivity index (χ3n) is 2.08. The molecule has 0 radical (unpaired) electrons. The molecule has 0 aliphatic heterocycles. The van der Waals surface area contributed by atoms with E-state index < -0.39 is 23.1 Å². The van der Waals surface area contributed by atoms with Crippen molar-refractivity contribution in [1.82, 2.24) is 10.1 Å². The smallest absolute Gasteiger partial charge is 0.314 e. The molecule has 5 nitrogen and oxygen atoms in total. The van der Waals surface area contributed by atoms with Gasteiger partial charge in [0.1, 0.15) is 5.82 Å². The quantitative estimate of drug-likeness (QED) is 0.492. The Morgan fingerprint density at radius 3 is 2.56 bits per heavy atom. The molecule has 0 fully saturated rings. The molecule has 3 N–H and O–H groups in total. The van der Waals surface area contributed by atoms with Crippen molar-refractivity contribution < 1.29 is 22.1 Å². The summed E-state index contributed by atoms with van der Waals surface area (Å²) in [6.07, 6.45) is -4.73. The van der Waals surface area contributed by atoms with E-state index in [-0.39, 0.29) is 11.8 Å². The molecule has 0 bridgehead atoms. The maximum Gasteiger partial charge on any atom is 0.417 e. The highest BCUT2D eigenvalue weighted by Crippen LogP contribution is 2.36. The number of hydrogen-bond donors (Lipinski definition) is 2. The zero-order chi connectivity index (χ0) is 13.3. The van der Waals surface area contributed by atoms with Crippen LogP contribution in [-0.4, -0.2) is 10.1 Å². The van der Waals surface area contributed by atoms with Crippen LogP contribution in [0, 0.1) is 5.82 Å². The van der Waals surface area contributed by atoms with E-state index in [1.54, 1.807) is 0 Å². The minimum absolute atomic E-state index is 0.248. The van der Waals surface area contributed by atoms with E-state index in [1.807, 2.05) is 5.43 Å². The number of nitrogens with zero attached hydrogens (tertiary/aromatic N) is 2. The molecule has 2 aromatic rings. The highest BCUT2D eigenvalue weighted by Gasteiger charge is 2.35. The van der Waals surface area contributed by atoms with E-state index in [0.717, 1.165) is 12.1 Å². The number of alkyl halides is 3. The first-order valence-corrected chi connectivity index (χ1v) is 4.59. The summed E-state index contributed by atoms with van der Waals surface area (Å²) in [6.45, 7) is 0. The molecule has 2 rings (SSSR count). The van der Waals surface area contributed by atoms with Gasteiger partial charge < -0.3 is 4.52 Å². The largest absolute Gasteiger partial charge is 0.417 e. The molecular formula is C9H6F4N4O. The maximum atomic E-state index is 12.9. The van der Waals surface area contributed by atoms with Gasteiger partial charge in [-0.15, -0.1) is 0 Å². The van der Waals surface area contributed by atoms with Crippen molar-refractivity contribution in [1.29, 1.82) is 0 Å². The Labute approximate surface area is 97.6 Å². The molecule has 0 aliphatic rings. The fourth-order valence-electron chi connectivity index (χ4n) is 1.34. The summed E-state index contributed by atoms with van der Waals surface area (Å²) in [5.74, 6) is 3.62. The molecule has 0 unspecified atom stereocenters. The van der Waals surface area contributed by atoms with Crippen molar-refractivity contribution in [3.63, 3.8) is 0 Å². The van der Waals surface area contributed by atoms with Gasteiger partial charge in [-0.2, -0.15) is 18.2 Å². The van der Waals surface area contributed by atoms with Crippen molar-refractivity contribution in [2.45, 2.75) is 6.18 Å². The predicted octanol–water partition coefficient (Wildman–Crippen LogP) is 2.18. The molecule has 18 heavy (non-hydrogen) atoms. The number of anilines is 1. The lowest BCUT2D eigenvalue weighted by Crippen LogP contribution is -2.09. The fraction of sp³-hybridized carbons (Fsp3) is 0.111. The first kappa shape index (κ1) is 12.3. The van der Waals surface area contributed by atoms with Gasteiger partial charge in [-0.05, 0) is 18.2 Å². The number of nitrogens with one attached hydrogen (secondary N) is 1. The lowest BCUT2D eigenvalue weighted by atomic mass is 10.1. The fourth-order valence-corrected chi connectivity index (χ4v) is 1.34. The molecule has 0 atom stereocenters. The summed E-state index contributed by atoms with van der Waals surface area (Å²) < 4.78 is 55.5. The highest BCUT2D eigenvalue weighted by molar-refractivity contribution is 5.61. The third-order valence-corrected chi connectivity index (χ3v) is 2.08. The molecule has 0 spiro atoms. The molecule has 0 amide bonds. The van der Waals surface area contributed by atoms with Crippen molar-refractivity contribution in [3.8, 4) is 11.4 Å². The van der Waals surface area contributed by atoms with Crippen molar-refractivity contribution in [3.05, 3.63) is 29.6 Å². The molecule has 1 aromatic carbocycles. The summed E-state index contributed by atoms with van der Waals surface area (Å²) in [4.78, 5) is 3.57. The lowest BCUT2D eigenvalue weighted by molar-refractivity contribution is -0.137. The Morgan fingerprint density at radius 1 is 1.28 bits per heavy atom. The number of hydrogen-bond acceptors (Lipinski definition) is 5. The monoisotopic (exact) mass is 262 g/mol. The minimum atomic E-state index is -4.73. The number of aromatic nitrogens is 2. The van der Waals surface area contributed by atoms with E-state index in [9.17, 15) is 17.6 Å². The van der Waals surface area contributed by atoms with E-state index in [0.29, 0.717) is 6.07 Å². The van der Waals surface area contributed by atoms with Gasteiger partial charge in [-0.3, -0.25) is 5.43 Å². The SMILES string of the molecule is NNc1nc(-c2ccc(F)cc2C(F)(F)F)no1. The Balaban J connectivity index is 2.56. The van der Waals surface area contributed by atoms with E-state index in [2.05, 4.69) is 14.7 Å². The van der Waals surface area contributed by atoms with Gasteiger partial charge in [-0.1, -0.05) is 5.16 Å². The predicted molar refractivity (Wildman–Crippen MR) is 52.5 cm³/mol. The molecule has 0 saturated heterocycles. The van der Waals surface area contributed by atoms with Crippen LogP contribution in [0.1, 0.15) is 5.56 Å². The van der Waals surface area contributed by atoms with Crippen molar-refractivity contribution >= 4 is 6.01 Å². The van der Waals surface area contributed by atoms with Crippen LogP contribution in [-0.2, 0) is 6.18 Å². The Bertz CT molecular complexity index is 566. The molecule has 1 heterocycles. The van der Waals surface area contributed by atoms with Gasteiger partial charge in [0.05, 0.1) is 5.56 Å². The number of rotatable bonds is 2. The number of nitrogens with two attached hydrogens (primary N) is 1. The van der Waals surface area contributed by atoms with Gasteiger partial charge in [0.15, 0.2) is 0 Å². The first-order valence-electron chi connectivity index (χ1n) is 4.59. The topological polar surface area (TPSA) is 77.0 Å². The number of halogens is 4. The van der Waals surface area contributed by atoms with Gasteiger partial charge in [-0.25, -0.2) is 10.2 Å². The zero-order valence-electron chi connectivity index (χ0n) is 8.62. The summed E-state index contributed by atoms with van der Waals surface area (Å²) in [6, 6.07) is 1.91. The van der Waals surface area contributed by atoms with E-state index in [4.69, 9.17) is 5.84 Å². The zero-order valence-corrected chi connectivity index (χ0v) is 8.62. The second-order valence-electron chi connectivity index (χ2n) is 3.26. The lowest BCUT2D eigenvalue weighted by Gasteiger charge is -2.10. The van der Waals surface area contributed by atoms with Crippen LogP contribution in [0.15, 0.2) is 22.7 Å². The number of benzene rings is 1. The number of nitrogen functional groups attached to an aromatic ring is 1. The van der Waals surface area contributed by atoms with Crippen LogP contribution in [0.3, 0.4) is 0 Å². The summed E-state index contributed by atoms with van der Waals surface area (Å²) in [5, 5.41) is 3.31.